The molecule has 0 saturated heterocycles. The molecule has 0 bridgehead atoms. The van der Waals surface area contributed by atoms with E-state index in [9.17, 15) is 9.59 Å². The molecule has 4 nitrogen and oxygen atoms in total. The monoisotopic (exact) mass is 190 g/mol. The third-order valence-corrected chi connectivity index (χ3v) is 2.10. The van der Waals surface area contributed by atoms with Gasteiger partial charge in [-0.05, 0) is 5.25 Å². The summed E-state index contributed by atoms with van der Waals surface area (Å²) in [5, 5.41) is 2.82. The number of primary amides is 1. The Hall–Kier alpha value is -0.710. The van der Waals surface area contributed by atoms with Crippen molar-refractivity contribution in [3.05, 3.63) is 0 Å². The minimum atomic E-state index is -0.516. The van der Waals surface area contributed by atoms with Crippen LogP contribution in [0.15, 0.2) is 0 Å². The standard InChI is InChI=1S/C7H14N2O2S/c1-5(2)12-4-7(11)9-3-6(8)10/h5H,3-4H2,1-2H3,(H2,8,10)(H,9,11). The molecule has 0 saturated carbocycles. The molecule has 0 aliphatic carbocycles. The lowest BCUT2D eigenvalue weighted by Crippen LogP contribution is -2.34. The zero-order valence-corrected chi connectivity index (χ0v) is 8.11. The number of hydrogen-bond acceptors (Lipinski definition) is 3. The molecule has 0 heterocycles. The highest BCUT2D eigenvalue weighted by Gasteiger charge is 2.03. The first-order valence-corrected chi connectivity index (χ1v) is 4.74. The summed E-state index contributed by atoms with van der Waals surface area (Å²) in [5.41, 5.74) is 4.84. The number of hydrogen-bond donors (Lipinski definition) is 2. The first-order chi connectivity index (χ1) is 5.52. The van der Waals surface area contributed by atoms with Gasteiger partial charge in [-0.1, -0.05) is 13.8 Å². The number of carbonyl (C=O) groups excluding carboxylic acids is 2. The van der Waals surface area contributed by atoms with E-state index in [0.29, 0.717) is 11.0 Å². The highest BCUT2D eigenvalue weighted by atomic mass is 32.2. The van der Waals surface area contributed by atoms with Gasteiger partial charge in [0, 0.05) is 0 Å². The fourth-order valence-electron chi connectivity index (χ4n) is 0.479. The molecular formula is C7H14N2O2S. The van der Waals surface area contributed by atoms with Gasteiger partial charge in [-0.2, -0.15) is 0 Å². The molecule has 12 heavy (non-hydrogen) atoms. The van der Waals surface area contributed by atoms with E-state index in [1.165, 1.54) is 11.8 Å². The van der Waals surface area contributed by atoms with E-state index in [1.54, 1.807) is 0 Å². The van der Waals surface area contributed by atoms with Crippen LogP contribution in [0.25, 0.3) is 0 Å². The van der Waals surface area contributed by atoms with Gasteiger partial charge in [-0.15, -0.1) is 11.8 Å². The molecule has 0 aliphatic heterocycles. The molecule has 0 aromatic carbocycles. The predicted molar refractivity (Wildman–Crippen MR) is 49.8 cm³/mol. The van der Waals surface area contributed by atoms with Crippen molar-refractivity contribution in [2.24, 2.45) is 5.73 Å². The zero-order chi connectivity index (χ0) is 9.56. The molecule has 3 N–H and O–H groups in total. The van der Waals surface area contributed by atoms with E-state index < -0.39 is 5.91 Å². The molecule has 0 aromatic heterocycles. The van der Waals surface area contributed by atoms with Gasteiger partial charge in [0.2, 0.25) is 11.8 Å². The largest absolute Gasteiger partial charge is 0.368 e. The SMILES string of the molecule is CC(C)SCC(=O)NCC(N)=O. The van der Waals surface area contributed by atoms with Crippen LogP contribution >= 0.6 is 11.8 Å². The summed E-state index contributed by atoms with van der Waals surface area (Å²) in [6.45, 7) is 3.94. The van der Waals surface area contributed by atoms with Gasteiger partial charge in [-0.25, -0.2) is 0 Å². The van der Waals surface area contributed by atoms with Gasteiger partial charge in [0.25, 0.3) is 0 Å². The smallest absolute Gasteiger partial charge is 0.236 e. The molecule has 0 aromatic rings. The van der Waals surface area contributed by atoms with Crippen LogP contribution in [0.1, 0.15) is 13.8 Å². The number of nitrogens with two attached hydrogens (primary N) is 1. The summed E-state index contributed by atoms with van der Waals surface area (Å²) in [5.74, 6) is -0.282. The topological polar surface area (TPSA) is 72.2 Å². The van der Waals surface area contributed by atoms with E-state index in [1.807, 2.05) is 13.8 Å². The second-order valence-corrected chi connectivity index (χ2v) is 4.17. The quantitative estimate of drug-likeness (QED) is 0.627. The normalized spacial score (nSPS) is 9.92. The first kappa shape index (κ1) is 11.3. The summed E-state index contributed by atoms with van der Waals surface area (Å²) in [4.78, 5) is 21.2. The maximum absolute atomic E-state index is 10.9. The molecule has 0 aliphatic rings. The Bertz CT molecular complexity index is 171. The first-order valence-electron chi connectivity index (χ1n) is 3.69. The highest BCUT2D eigenvalue weighted by Crippen LogP contribution is 2.07. The van der Waals surface area contributed by atoms with E-state index in [4.69, 9.17) is 5.73 Å². The predicted octanol–water partition coefficient (Wildman–Crippen LogP) is -0.271. The molecule has 5 heteroatoms. The Labute approximate surface area is 76.3 Å². The molecule has 0 atom stereocenters. The van der Waals surface area contributed by atoms with Crippen molar-refractivity contribution < 1.29 is 9.59 Å². The highest BCUT2D eigenvalue weighted by molar-refractivity contribution is 8.00. The van der Waals surface area contributed by atoms with Crippen molar-refractivity contribution >= 4 is 23.6 Å². The van der Waals surface area contributed by atoms with Crippen molar-refractivity contribution in [3.8, 4) is 0 Å². The molecule has 0 fully saturated rings. The fraction of sp³-hybridized carbons (Fsp3) is 0.714. The second kappa shape index (κ2) is 5.88. The number of amides is 2. The molecule has 2 amide bonds. The Morgan fingerprint density at radius 2 is 2.08 bits per heavy atom. The van der Waals surface area contributed by atoms with Crippen LogP contribution < -0.4 is 11.1 Å². The van der Waals surface area contributed by atoms with E-state index in [2.05, 4.69) is 5.32 Å². The van der Waals surface area contributed by atoms with Crippen molar-refractivity contribution in [1.29, 1.82) is 0 Å². The Balaban J connectivity index is 3.40. The maximum atomic E-state index is 10.9. The lowest BCUT2D eigenvalue weighted by molar-refractivity contribution is -0.123. The van der Waals surface area contributed by atoms with E-state index in [0.717, 1.165) is 0 Å². The number of nitrogens with one attached hydrogen (secondary N) is 1. The molecule has 0 spiro atoms. The fourth-order valence-corrected chi connectivity index (χ4v) is 1.07. The van der Waals surface area contributed by atoms with Crippen molar-refractivity contribution in [2.45, 2.75) is 19.1 Å². The lowest BCUT2D eigenvalue weighted by Gasteiger charge is -2.04. The van der Waals surface area contributed by atoms with Crippen LogP contribution in [0.4, 0.5) is 0 Å². The van der Waals surface area contributed by atoms with Crippen molar-refractivity contribution in [1.82, 2.24) is 5.32 Å². The summed E-state index contributed by atoms with van der Waals surface area (Å²) >= 11 is 1.53. The Morgan fingerprint density at radius 1 is 1.50 bits per heavy atom. The van der Waals surface area contributed by atoms with Gasteiger partial charge in [0.1, 0.15) is 0 Å². The van der Waals surface area contributed by atoms with Gasteiger partial charge in [0.05, 0.1) is 12.3 Å². The number of carbonyl (C=O) groups is 2. The van der Waals surface area contributed by atoms with Crippen LogP contribution in [0.2, 0.25) is 0 Å². The van der Waals surface area contributed by atoms with Crippen molar-refractivity contribution in [3.63, 3.8) is 0 Å². The zero-order valence-electron chi connectivity index (χ0n) is 7.29. The average Bonchev–Trinajstić information content (AvgIpc) is 1.96. The summed E-state index contributed by atoms with van der Waals surface area (Å²) < 4.78 is 0. The molecule has 70 valence electrons. The average molecular weight is 190 g/mol. The van der Waals surface area contributed by atoms with Crippen LogP contribution in [0.3, 0.4) is 0 Å². The minimum Gasteiger partial charge on any atom is -0.368 e. The maximum Gasteiger partial charge on any atom is 0.236 e. The van der Waals surface area contributed by atoms with Crippen LogP contribution in [-0.4, -0.2) is 29.4 Å². The molecule has 0 rings (SSSR count). The van der Waals surface area contributed by atoms with Crippen LogP contribution in [0.5, 0.6) is 0 Å². The third-order valence-electron chi connectivity index (χ3n) is 1.01. The van der Waals surface area contributed by atoms with Crippen LogP contribution in [-0.2, 0) is 9.59 Å². The van der Waals surface area contributed by atoms with E-state index >= 15 is 0 Å². The van der Waals surface area contributed by atoms with Gasteiger partial charge < -0.3 is 11.1 Å². The Morgan fingerprint density at radius 3 is 2.50 bits per heavy atom. The minimum absolute atomic E-state index is 0.0719. The molecule has 0 unspecified atom stereocenters. The third kappa shape index (κ3) is 7.40. The van der Waals surface area contributed by atoms with Gasteiger partial charge in [-0.3, -0.25) is 9.59 Å². The summed E-state index contributed by atoms with van der Waals surface area (Å²) in [7, 11) is 0. The van der Waals surface area contributed by atoms with E-state index in [-0.39, 0.29) is 12.5 Å². The van der Waals surface area contributed by atoms with Gasteiger partial charge in [0.15, 0.2) is 0 Å². The lowest BCUT2D eigenvalue weighted by atomic mass is 10.6. The number of thioether (sulfide) groups is 1. The molecule has 0 radical (unpaired) electrons. The Kier molecular flexibility index (Phi) is 5.53. The van der Waals surface area contributed by atoms with Crippen molar-refractivity contribution in [2.75, 3.05) is 12.3 Å². The summed E-state index contributed by atoms with van der Waals surface area (Å²) in [6, 6.07) is 0. The number of rotatable bonds is 5. The van der Waals surface area contributed by atoms with Crippen LogP contribution in [0, 0.1) is 0 Å². The second-order valence-electron chi connectivity index (χ2n) is 2.60. The summed E-state index contributed by atoms with van der Waals surface area (Å²) in [6.07, 6.45) is 0. The van der Waals surface area contributed by atoms with Gasteiger partial charge >= 0.3 is 0 Å². The molecular weight excluding hydrogens is 176 g/mol.